The van der Waals surface area contributed by atoms with Gasteiger partial charge in [0.15, 0.2) is 6.29 Å². The second-order valence-electron chi connectivity index (χ2n) is 4.30. The molecule has 0 amide bonds. The largest absolute Gasteiger partial charge is 0.329 e. The second kappa shape index (κ2) is 4.45. The van der Waals surface area contributed by atoms with E-state index in [9.17, 15) is 9.59 Å². The van der Waals surface area contributed by atoms with Gasteiger partial charge in [-0.1, -0.05) is 30.9 Å². The minimum absolute atomic E-state index is 0.161. The molecule has 2 rings (SSSR count). The quantitative estimate of drug-likeness (QED) is 0.746. The van der Waals surface area contributed by atoms with Crippen LogP contribution in [0.3, 0.4) is 0 Å². The first-order chi connectivity index (χ1) is 7.66. The highest BCUT2D eigenvalue weighted by Crippen LogP contribution is 2.30. The molecule has 0 radical (unpaired) electrons. The zero-order valence-corrected chi connectivity index (χ0v) is 10.0. The van der Waals surface area contributed by atoms with E-state index in [1.807, 2.05) is 0 Å². The Morgan fingerprint density at radius 3 is 2.44 bits per heavy atom. The van der Waals surface area contributed by atoms with E-state index < -0.39 is 0 Å². The smallest absolute Gasteiger partial charge is 0.296 e. The molecule has 1 aliphatic carbocycles. The Kier molecular flexibility index (Phi) is 3.19. The van der Waals surface area contributed by atoms with Crippen molar-refractivity contribution in [3.05, 3.63) is 21.3 Å². The minimum atomic E-state index is -0.181. The molecule has 0 saturated heterocycles. The number of carbonyl (C=O) groups is 1. The molecule has 0 atom stereocenters. The first kappa shape index (κ1) is 11.5. The summed E-state index contributed by atoms with van der Waals surface area (Å²) in [6.45, 7) is 0. The fraction of sp³-hybridized carbons (Fsp3) is 0.636. The minimum Gasteiger partial charge on any atom is -0.296 e. The monoisotopic (exact) mass is 242 g/mol. The highest BCUT2D eigenvalue weighted by Gasteiger charge is 2.23. The molecular weight excluding hydrogens is 228 g/mol. The molecule has 88 valence electrons. The summed E-state index contributed by atoms with van der Waals surface area (Å²) in [5, 5.41) is 0.286. The summed E-state index contributed by atoms with van der Waals surface area (Å²) < 4.78 is 2.90. The van der Waals surface area contributed by atoms with Crippen molar-refractivity contribution in [3.8, 4) is 0 Å². The third kappa shape index (κ3) is 1.71. The van der Waals surface area contributed by atoms with E-state index in [0.29, 0.717) is 6.29 Å². The normalized spacial score (nSPS) is 17.6. The van der Waals surface area contributed by atoms with Crippen molar-refractivity contribution in [2.45, 2.75) is 38.1 Å². The van der Waals surface area contributed by atoms with E-state index in [1.54, 1.807) is 11.6 Å². The van der Waals surface area contributed by atoms with Crippen LogP contribution in [0.1, 0.15) is 48.6 Å². The van der Waals surface area contributed by atoms with Crippen LogP contribution in [0.15, 0.2) is 4.79 Å². The topological polar surface area (TPSA) is 44.0 Å². The standard InChI is InChI=1S/C11H15ClN2O2/c1-13-9(7-15)10(12)14(11(13)16)8-5-3-2-4-6-8/h7-8H,2-6H2,1H3. The Morgan fingerprint density at radius 1 is 1.31 bits per heavy atom. The van der Waals surface area contributed by atoms with Crippen molar-refractivity contribution in [3.63, 3.8) is 0 Å². The fourth-order valence-electron chi connectivity index (χ4n) is 2.39. The van der Waals surface area contributed by atoms with Gasteiger partial charge in [-0.25, -0.2) is 4.79 Å². The zero-order valence-electron chi connectivity index (χ0n) is 9.28. The molecule has 1 aromatic heterocycles. The Bertz CT molecular complexity index is 455. The Balaban J connectivity index is 2.47. The summed E-state index contributed by atoms with van der Waals surface area (Å²) >= 11 is 6.08. The summed E-state index contributed by atoms with van der Waals surface area (Å²) in [5.41, 5.74) is 0.0937. The Labute approximate surface area is 98.8 Å². The maximum atomic E-state index is 12.0. The van der Waals surface area contributed by atoms with Gasteiger partial charge in [-0.3, -0.25) is 13.9 Å². The molecule has 1 fully saturated rings. The van der Waals surface area contributed by atoms with Gasteiger partial charge in [-0.15, -0.1) is 0 Å². The van der Waals surface area contributed by atoms with E-state index in [2.05, 4.69) is 0 Å². The van der Waals surface area contributed by atoms with Gasteiger partial charge < -0.3 is 0 Å². The SMILES string of the molecule is Cn1c(C=O)c(Cl)n(C2CCCCC2)c1=O. The van der Waals surface area contributed by atoms with Crippen molar-refractivity contribution in [2.24, 2.45) is 7.05 Å². The van der Waals surface area contributed by atoms with Crippen molar-refractivity contribution in [1.29, 1.82) is 0 Å². The second-order valence-corrected chi connectivity index (χ2v) is 4.66. The number of rotatable bonds is 2. The van der Waals surface area contributed by atoms with Crippen molar-refractivity contribution < 1.29 is 4.79 Å². The maximum absolute atomic E-state index is 12.0. The number of hydrogen-bond acceptors (Lipinski definition) is 2. The first-order valence-electron chi connectivity index (χ1n) is 5.58. The third-order valence-corrected chi connectivity index (χ3v) is 3.70. The van der Waals surface area contributed by atoms with Crippen molar-refractivity contribution in [2.75, 3.05) is 0 Å². The number of aldehydes is 1. The van der Waals surface area contributed by atoms with Crippen LogP contribution in [0.4, 0.5) is 0 Å². The van der Waals surface area contributed by atoms with E-state index in [0.717, 1.165) is 25.7 Å². The average molecular weight is 243 g/mol. The van der Waals surface area contributed by atoms with Crippen molar-refractivity contribution >= 4 is 17.9 Å². The van der Waals surface area contributed by atoms with Crippen LogP contribution in [-0.2, 0) is 7.05 Å². The first-order valence-corrected chi connectivity index (χ1v) is 5.96. The predicted molar refractivity (Wildman–Crippen MR) is 62.2 cm³/mol. The molecule has 0 bridgehead atoms. The molecule has 1 saturated carbocycles. The molecular formula is C11H15ClN2O2. The lowest BCUT2D eigenvalue weighted by molar-refractivity contribution is 0.111. The maximum Gasteiger partial charge on any atom is 0.329 e. The van der Waals surface area contributed by atoms with Gasteiger partial charge in [0.2, 0.25) is 0 Å². The predicted octanol–water partition coefficient (Wildman–Crippen LogP) is 2.16. The van der Waals surface area contributed by atoms with Gasteiger partial charge in [0.25, 0.3) is 0 Å². The molecule has 0 aromatic carbocycles. The van der Waals surface area contributed by atoms with E-state index in [-0.39, 0.29) is 22.6 Å². The molecule has 0 unspecified atom stereocenters. The fourth-order valence-corrected chi connectivity index (χ4v) is 2.78. The molecule has 1 heterocycles. The van der Waals surface area contributed by atoms with Crippen LogP contribution in [0, 0.1) is 0 Å². The number of halogens is 1. The summed E-state index contributed by atoms with van der Waals surface area (Å²) in [7, 11) is 1.58. The number of aromatic nitrogens is 2. The molecule has 4 nitrogen and oxygen atoms in total. The number of nitrogens with zero attached hydrogens (tertiary/aromatic N) is 2. The van der Waals surface area contributed by atoms with E-state index in [4.69, 9.17) is 11.6 Å². The highest BCUT2D eigenvalue weighted by molar-refractivity contribution is 6.31. The van der Waals surface area contributed by atoms with Gasteiger partial charge in [0.05, 0.1) is 0 Å². The lowest BCUT2D eigenvalue weighted by Gasteiger charge is -2.22. The number of imidazole rings is 1. The van der Waals surface area contributed by atoms with E-state index in [1.165, 1.54) is 11.0 Å². The lowest BCUT2D eigenvalue weighted by Crippen LogP contribution is -2.27. The summed E-state index contributed by atoms with van der Waals surface area (Å²) in [6, 6.07) is 0.161. The van der Waals surface area contributed by atoms with Gasteiger partial charge >= 0.3 is 5.69 Å². The van der Waals surface area contributed by atoms with Gasteiger partial charge in [0, 0.05) is 13.1 Å². The van der Waals surface area contributed by atoms with Crippen LogP contribution in [-0.4, -0.2) is 15.4 Å². The molecule has 0 spiro atoms. The van der Waals surface area contributed by atoms with Gasteiger partial charge in [-0.05, 0) is 12.8 Å². The van der Waals surface area contributed by atoms with E-state index >= 15 is 0 Å². The summed E-state index contributed by atoms with van der Waals surface area (Å²) in [4.78, 5) is 22.8. The van der Waals surface area contributed by atoms with Crippen LogP contribution in [0.5, 0.6) is 0 Å². The summed E-state index contributed by atoms with van der Waals surface area (Å²) in [6.07, 6.45) is 6.06. The van der Waals surface area contributed by atoms with Crippen LogP contribution in [0.2, 0.25) is 5.15 Å². The van der Waals surface area contributed by atoms with Gasteiger partial charge in [0.1, 0.15) is 10.8 Å². The Hall–Kier alpha value is -1.03. The number of hydrogen-bond donors (Lipinski definition) is 0. The highest BCUT2D eigenvalue weighted by atomic mass is 35.5. The van der Waals surface area contributed by atoms with Crippen LogP contribution >= 0.6 is 11.6 Å². The number of carbonyl (C=O) groups excluding carboxylic acids is 1. The lowest BCUT2D eigenvalue weighted by atomic mass is 9.95. The van der Waals surface area contributed by atoms with Crippen molar-refractivity contribution in [1.82, 2.24) is 9.13 Å². The molecule has 0 aliphatic heterocycles. The molecule has 0 N–H and O–H groups in total. The summed E-state index contributed by atoms with van der Waals surface area (Å²) in [5.74, 6) is 0. The molecule has 5 heteroatoms. The van der Waals surface area contributed by atoms with Crippen LogP contribution in [0.25, 0.3) is 0 Å². The Morgan fingerprint density at radius 2 is 1.94 bits per heavy atom. The van der Waals surface area contributed by atoms with Crippen LogP contribution < -0.4 is 5.69 Å². The average Bonchev–Trinajstić information content (AvgIpc) is 2.51. The molecule has 1 aliphatic rings. The van der Waals surface area contributed by atoms with Gasteiger partial charge in [-0.2, -0.15) is 0 Å². The zero-order chi connectivity index (χ0) is 11.7. The third-order valence-electron chi connectivity index (χ3n) is 3.33. The molecule has 16 heavy (non-hydrogen) atoms. The molecule has 1 aromatic rings.